The van der Waals surface area contributed by atoms with Crippen LogP contribution in [-0.4, -0.2) is 10.5 Å². The van der Waals surface area contributed by atoms with Crippen LogP contribution in [0.5, 0.6) is 0 Å². The first kappa shape index (κ1) is 7.25. The van der Waals surface area contributed by atoms with Crippen molar-refractivity contribution in [2.24, 2.45) is 0 Å². The van der Waals surface area contributed by atoms with Gasteiger partial charge in [0, 0.05) is 0 Å². The smallest absolute Gasteiger partial charge is 0.128 e. The van der Waals surface area contributed by atoms with Gasteiger partial charge in [0.25, 0.3) is 0 Å². The van der Waals surface area contributed by atoms with Gasteiger partial charge in [-0.1, -0.05) is 11.8 Å². The molecule has 5 heteroatoms. The Morgan fingerprint density at radius 3 is 2.17 bits per heavy atom. The molecule has 0 rings (SSSR count). The molecule has 0 fully saturated rings. The molecule has 1 N–H and O–H groups in total. The van der Waals surface area contributed by atoms with Crippen LogP contribution in [0.4, 0.5) is 0 Å². The minimum absolute atomic E-state index is 0.0887. The molecule has 0 aliphatic rings. The summed E-state index contributed by atoms with van der Waals surface area (Å²) in [4.78, 5) is 8.48. The fourth-order valence-corrected chi connectivity index (χ4v) is 0. The number of alkyl halides is 1. The molecule has 0 aliphatic heterocycles. The predicted octanol–water partition coefficient (Wildman–Crippen LogP) is 1.41. The molecule has 0 saturated carbocycles. The Bertz CT molecular complexity index is 77.6. The average molecular weight is 163 g/mol. The van der Waals surface area contributed by atoms with Crippen molar-refractivity contribution < 1.29 is 4.89 Å². The van der Waals surface area contributed by atoms with Crippen LogP contribution in [0.3, 0.4) is 0 Å². The van der Waals surface area contributed by atoms with Crippen LogP contribution in [0.25, 0.3) is 0 Å². The molecule has 38 valence electrons. The maximum absolute atomic E-state index is 8.48. The van der Waals surface area contributed by atoms with Gasteiger partial charge in [0.05, 0.1) is 5.62 Å². The van der Waals surface area contributed by atoms with E-state index in [-0.39, 0.29) is 5.62 Å². The zero-order valence-electron chi connectivity index (χ0n) is 2.83. The summed E-state index contributed by atoms with van der Waals surface area (Å²) in [6.45, 7) is 0. The van der Waals surface area contributed by atoms with E-state index >= 15 is 0 Å². The topological polar surface area (TPSA) is 20.2 Å². The Morgan fingerprint density at radius 1 is 2.00 bits per heavy atom. The molecule has 0 aromatic carbocycles. The highest BCUT2D eigenvalue weighted by molar-refractivity contribution is 8.61. The molecule has 0 saturated heterocycles. The molecule has 0 bridgehead atoms. The second kappa shape index (κ2) is 2.53. The summed E-state index contributed by atoms with van der Waals surface area (Å²) in [7, 11) is 0. The minimum atomic E-state index is -2.35. The van der Waals surface area contributed by atoms with E-state index in [1.54, 1.807) is 0 Å². The summed E-state index contributed by atoms with van der Waals surface area (Å²) in [6, 6.07) is 0. The molecule has 0 amide bonds. The number of hydrogen-bond donors (Lipinski definition) is 2. The third kappa shape index (κ3) is 5.25. The predicted molar refractivity (Wildman–Crippen MR) is 36.2 cm³/mol. The van der Waals surface area contributed by atoms with Crippen LogP contribution >= 0.6 is 29.3 Å². The summed E-state index contributed by atoms with van der Waals surface area (Å²) >= 11 is 13.1. The molecule has 1 atom stereocenters. The van der Waals surface area contributed by atoms with Crippen LogP contribution in [0.15, 0.2) is 0 Å². The highest BCUT2D eigenvalue weighted by Gasteiger charge is 1.98. The van der Waals surface area contributed by atoms with Crippen LogP contribution in [-0.2, 0) is 11.8 Å². The Kier molecular flexibility index (Phi) is 3.06. The zero-order valence-corrected chi connectivity index (χ0v) is 6.20. The summed E-state index contributed by atoms with van der Waals surface area (Å²) < 4.78 is 0. The van der Waals surface area contributed by atoms with Gasteiger partial charge in [-0.25, -0.2) is 0 Å². The minimum Gasteiger partial charge on any atom is -0.356 e. The van der Waals surface area contributed by atoms with Crippen molar-refractivity contribution >= 4 is 41.1 Å². The van der Waals surface area contributed by atoms with Gasteiger partial charge >= 0.3 is 0 Å². The molecule has 1 nitrogen and oxygen atoms in total. The van der Waals surface area contributed by atoms with Crippen molar-refractivity contribution in [3.05, 3.63) is 0 Å². The highest BCUT2D eigenvalue weighted by atomic mass is 35.5. The van der Waals surface area contributed by atoms with Crippen molar-refractivity contribution in [2.45, 2.75) is 0 Å². The van der Waals surface area contributed by atoms with Gasteiger partial charge in [0.15, 0.2) is 0 Å². The van der Waals surface area contributed by atoms with Gasteiger partial charge in [-0.15, -0.1) is 23.8 Å². The van der Waals surface area contributed by atoms with E-state index in [9.17, 15) is 0 Å². The molecule has 0 aliphatic carbocycles. The Morgan fingerprint density at radius 2 is 2.17 bits per heavy atom. The zero-order chi connectivity index (χ0) is 5.21. The van der Waals surface area contributed by atoms with Gasteiger partial charge in [-0.3, -0.25) is 0 Å². The second-order valence-electron chi connectivity index (χ2n) is 0.784. The molecule has 0 spiro atoms. The number of hydrogen-bond acceptors (Lipinski definition) is 1. The van der Waals surface area contributed by atoms with Crippen molar-refractivity contribution in [1.82, 2.24) is 0 Å². The lowest BCUT2D eigenvalue weighted by atomic mass is 11.9. The largest absolute Gasteiger partial charge is 0.356 e. The van der Waals surface area contributed by atoms with E-state index in [2.05, 4.69) is 24.1 Å². The van der Waals surface area contributed by atoms with Gasteiger partial charge in [0.2, 0.25) is 0 Å². The first-order chi connectivity index (χ1) is 2.56. The molecular formula is CH4ClOPS2. The monoisotopic (exact) mass is 162 g/mol. The molecular weight excluding hydrogens is 159 g/mol. The number of thiol groups is 1. The fourth-order valence-electron chi connectivity index (χ4n) is 0. The lowest BCUT2D eigenvalue weighted by Crippen LogP contribution is -1.63. The Labute approximate surface area is 51.9 Å². The number of halogens is 1. The van der Waals surface area contributed by atoms with E-state index in [1.165, 1.54) is 0 Å². The molecule has 0 aromatic heterocycles. The molecule has 0 heterocycles. The van der Waals surface area contributed by atoms with Gasteiger partial charge in [0.1, 0.15) is 5.47 Å². The maximum Gasteiger partial charge on any atom is 0.128 e. The standard InChI is InChI=1S/CH4ClOPS2/c2-1-4(3,5)6/h1H2,(H2,3,5,6). The lowest BCUT2D eigenvalue weighted by molar-refractivity contribution is 0.643. The highest BCUT2D eigenvalue weighted by Crippen LogP contribution is 2.46. The third-order valence-corrected chi connectivity index (χ3v) is 3.24. The van der Waals surface area contributed by atoms with Crippen molar-refractivity contribution in [3.63, 3.8) is 0 Å². The van der Waals surface area contributed by atoms with Crippen LogP contribution in [0, 0.1) is 0 Å². The quantitative estimate of drug-likeness (QED) is 0.346. The first-order valence-electron chi connectivity index (χ1n) is 1.17. The normalized spacial score (nSPS) is 19.8. The van der Waals surface area contributed by atoms with Gasteiger partial charge in [-0.2, -0.15) is 0 Å². The van der Waals surface area contributed by atoms with E-state index in [4.69, 9.17) is 16.5 Å². The SMILES string of the molecule is OP(=S)(S)CCl. The van der Waals surface area contributed by atoms with Crippen LogP contribution in [0.2, 0.25) is 0 Å². The van der Waals surface area contributed by atoms with Crippen molar-refractivity contribution in [1.29, 1.82) is 0 Å². The number of rotatable bonds is 1. The van der Waals surface area contributed by atoms with Crippen molar-refractivity contribution in [2.75, 3.05) is 5.62 Å². The van der Waals surface area contributed by atoms with E-state index < -0.39 is 5.47 Å². The van der Waals surface area contributed by atoms with E-state index in [0.29, 0.717) is 0 Å². The fraction of sp³-hybridized carbons (Fsp3) is 1.00. The lowest BCUT2D eigenvalue weighted by Gasteiger charge is -1.96. The molecule has 1 unspecified atom stereocenters. The summed E-state index contributed by atoms with van der Waals surface area (Å²) in [6.07, 6.45) is 0. The van der Waals surface area contributed by atoms with Gasteiger partial charge in [-0.05, 0) is 0 Å². The first-order valence-corrected chi connectivity index (χ1v) is 5.79. The van der Waals surface area contributed by atoms with Crippen LogP contribution < -0.4 is 0 Å². The second-order valence-corrected chi connectivity index (χ2v) is 7.68. The molecule has 0 radical (unpaired) electrons. The summed E-state index contributed by atoms with van der Waals surface area (Å²) in [5.41, 5.74) is -2.26. The maximum atomic E-state index is 8.48. The Balaban J connectivity index is 3.48. The summed E-state index contributed by atoms with van der Waals surface area (Å²) in [5.74, 6) is 0. The van der Waals surface area contributed by atoms with E-state index in [1.807, 2.05) is 0 Å². The summed E-state index contributed by atoms with van der Waals surface area (Å²) in [5, 5.41) is 0. The van der Waals surface area contributed by atoms with Crippen molar-refractivity contribution in [3.8, 4) is 0 Å². The van der Waals surface area contributed by atoms with Gasteiger partial charge < -0.3 is 4.89 Å². The van der Waals surface area contributed by atoms with Crippen LogP contribution in [0.1, 0.15) is 0 Å². The Hall–Kier alpha value is 1.25. The van der Waals surface area contributed by atoms with E-state index in [0.717, 1.165) is 0 Å². The average Bonchev–Trinajstić information content (AvgIpc) is 1.35. The molecule has 0 aromatic rings. The third-order valence-electron chi connectivity index (χ3n) is 0.156. The molecule has 6 heavy (non-hydrogen) atoms.